The summed E-state index contributed by atoms with van der Waals surface area (Å²) < 4.78 is 20.1. The van der Waals surface area contributed by atoms with Gasteiger partial charge in [-0.3, -0.25) is 4.98 Å². The zero-order valence-electron chi connectivity index (χ0n) is 10.4. The minimum atomic E-state index is -0.351. The van der Waals surface area contributed by atoms with E-state index in [1.54, 1.807) is 25.3 Å². The predicted octanol–water partition coefficient (Wildman–Crippen LogP) is 3.58. The van der Waals surface area contributed by atoms with Crippen molar-refractivity contribution in [3.63, 3.8) is 0 Å². The maximum atomic E-state index is 13.7. The zero-order valence-corrected chi connectivity index (χ0v) is 12.0. The van der Waals surface area contributed by atoms with Gasteiger partial charge in [-0.2, -0.15) is 0 Å². The summed E-state index contributed by atoms with van der Waals surface area (Å²) in [5, 5.41) is 0. The van der Waals surface area contributed by atoms with Crippen molar-refractivity contribution in [3.05, 3.63) is 58.1 Å². The van der Waals surface area contributed by atoms with E-state index in [4.69, 9.17) is 10.5 Å². The molecule has 2 aromatic rings. The Morgan fingerprint density at radius 3 is 2.74 bits per heavy atom. The lowest BCUT2D eigenvalue weighted by Gasteiger charge is -2.10. The summed E-state index contributed by atoms with van der Waals surface area (Å²) in [6, 6.07) is 8.09. The van der Waals surface area contributed by atoms with E-state index in [0.717, 1.165) is 10.2 Å². The molecule has 1 atom stereocenters. The zero-order chi connectivity index (χ0) is 13.8. The molecule has 2 N–H and O–H groups in total. The maximum Gasteiger partial charge on any atom is 0.131 e. The van der Waals surface area contributed by atoms with Crippen LogP contribution in [0.5, 0.6) is 5.75 Å². The largest absolute Gasteiger partial charge is 0.487 e. The highest BCUT2D eigenvalue weighted by molar-refractivity contribution is 9.10. The third kappa shape index (κ3) is 3.75. The molecule has 0 amide bonds. The van der Waals surface area contributed by atoms with Crippen LogP contribution in [-0.4, -0.2) is 4.98 Å². The Kier molecular flexibility index (Phi) is 4.50. The van der Waals surface area contributed by atoms with E-state index in [9.17, 15) is 4.39 Å². The van der Waals surface area contributed by atoms with Crippen molar-refractivity contribution in [1.29, 1.82) is 0 Å². The van der Waals surface area contributed by atoms with Crippen molar-refractivity contribution < 1.29 is 9.13 Å². The van der Waals surface area contributed by atoms with Crippen molar-refractivity contribution in [1.82, 2.24) is 4.98 Å². The highest BCUT2D eigenvalue weighted by Crippen LogP contribution is 2.21. The van der Waals surface area contributed by atoms with Gasteiger partial charge in [-0.05, 0) is 41.1 Å². The second-order valence-electron chi connectivity index (χ2n) is 4.23. The summed E-state index contributed by atoms with van der Waals surface area (Å²) in [6.45, 7) is 2.04. The van der Waals surface area contributed by atoms with Gasteiger partial charge in [0.1, 0.15) is 18.2 Å². The molecule has 1 heterocycles. The molecule has 1 aromatic heterocycles. The number of nitrogens with two attached hydrogens (primary N) is 1. The average molecular weight is 325 g/mol. The number of halogens is 2. The third-order valence-corrected chi connectivity index (χ3v) is 3.11. The molecule has 3 nitrogen and oxygen atoms in total. The fraction of sp³-hybridized carbons (Fsp3) is 0.214. The van der Waals surface area contributed by atoms with Gasteiger partial charge in [0.15, 0.2) is 0 Å². The molecule has 0 spiro atoms. The molecule has 1 aromatic carbocycles. The monoisotopic (exact) mass is 324 g/mol. The first-order valence-electron chi connectivity index (χ1n) is 5.84. The molecule has 2 rings (SSSR count). The predicted molar refractivity (Wildman–Crippen MR) is 75.3 cm³/mol. The van der Waals surface area contributed by atoms with Crippen LogP contribution in [0, 0.1) is 5.82 Å². The summed E-state index contributed by atoms with van der Waals surface area (Å²) in [5.41, 5.74) is 6.91. The van der Waals surface area contributed by atoms with E-state index >= 15 is 0 Å². The van der Waals surface area contributed by atoms with Crippen LogP contribution in [0.25, 0.3) is 0 Å². The SMILES string of the molecule is C[C@@H](N)c1ccc(OCc2ccc(Br)cn2)cc1F. The van der Waals surface area contributed by atoms with Crippen molar-refractivity contribution in [2.75, 3.05) is 0 Å². The first-order valence-corrected chi connectivity index (χ1v) is 6.64. The molecule has 0 radical (unpaired) electrons. The van der Waals surface area contributed by atoms with Crippen molar-refractivity contribution >= 4 is 15.9 Å². The second kappa shape index (κ2) is 6.12. The van der Waals surface area contributed by atoms with Gasteiger partial charge in [-0.1, -0.05) is 6.07 Å². The van der Waals surface area contributed by atoms with Gasteiger partial charge < -0.3 is 10.5 Å². The number of rotatable bonds is 4. The van der Waals surface area contributed by atoms with Crippen molar-refractivity contribution in [2.24, 2.45) is 5.73 Å². The molecule has 0 saturated carbocycles. The summed E-state index contributed by atoms with van der Waals surface area (Å²) in [6.07, 6.45) is 1.69. The number of aromatic nitrogens is 1. The Balaban J connectivity index is 2.04. The molecular formula is C14H14BrFN2O. The Labute approximate surface area is 119 Å². The van der Waals surface area contributed by atoms with Crippen LogP contribution in [0.3, 0.4) is 0 Å². The van der Waals surface area contributed by atoms with Crippen LogP contribution in [0.1, 0.15) is 24.2 Å². The van der Waals surface area contributed by atoms with Gasteiger partial charge in [0.05, 0.1) is 5.69 Å². The molecule has 0 fully saturated rings. The molecule has 0 aliphatic rings. The lowest BCUT2D eigenvalue weighted by atomic mass is 10.1. The van der Waals surface area contributed by atoms with Gasteiger partial charge in [-0.15, -0.1) is 0 Å². The summed E-state index contributed by atoms with van der Waals surface area (Å²) >= 11 is 3.31. The molecular weight excluding hydrogens is 311 g/mol. The highest BCUT2D eigenvalue weighted by Gasteiger charge is 2.08. The van der Waals surface area contributed by atoms with Gasteiger partial charge >= 0.3 is 0 Å². The molecule has 0 unspecified atom stereocenters. The van der Waals surface area contributed by atoms with Crippen LogP contribution in [-0.2, 0) is 6.61 Å². The van der Waals surface area contributed by atoms with Crippen LogP contribution < -0.4 is 10.5 Å². The Morgan fingerprint density at radius 1 is 1.37 bits per heavy atom. The normalized spacial score (nSPS) is 12.2. The Hall–Kier alpha value is -1.46. The van der Waals surface area contributed by atoms with Crippen LogP contribution in [0.4, 0.5) is 4.39 Å². The number of ether oxygens (including phenoxy) is 1. The molecule has 5 heteroatoms. The number of hydrogen-bond acceptors (Lipinski definition) is 3. The lowest BCUT2D eigenvalue weighted by molar-refractivity contribution is 0.299. The quantitative estimate of drug-likeness (QED) is 0.935. The topological polar surface area (TPSA) is 48.1 Å². The van der Waals surface area contributed by atoms with E-state index in [1.807, 2.05) is 12.1 Å². The smallest absolute Gasteiger partial charge is 0.131 e. The Morgan fingerprint density at radius 2 is 2.16 bits per heavy atom. The molecule has 0 aliphatic carbocycles. The Bertz CT molecular complexity index is 558. The number of nitrogens with zero attached hydrogens (tertiary/aromatic N) is 1. The molecule has 19 heavy (non-hydrogen) atoms. The molecule has 100 valence electrons. The van der Waals surface area contributed by atoms with Crippen molar-refractivity contribution in [3.8, 4) is 5.75 Å². The summed E-state index contributed by atoms with van der Waals surface area (Å²) in [4.78, 5) is 4.18. The fourth-order valence-electron chi connectivity index (χ4n) is 1.62. The first-order chi connectivity index (χ1) is 9.06. The summed E-state index contributed by atoms with van der Waals surface area (Å²) in [5.74, 6) is 0.114. The van der Waals surface area contributed by atoms with E-state index in [1.165, 1.54) is 6.07 Å². The van der Waals surface area contributed by atoms with E-state index < -0.39 is 0 Å². The van der Waals surface area contributed by atoms with Crippen LogP contribution in [0.15, 0.2) is 41.0 Å². The average Bonchev–Trinajstić information content (AvgIpc) is 2.37. The molecule has 0 saturated heterocycles. The van der Waals surface area contributed by atoms with E-state index in [-0.39, 0.29) is 11.9 Å². The van der Waals surface area contributed by atoms with Gasteiger partial charge in [-0.25, -0.2) is 4.39 Å². The molecule has 0 aliphatic heterocycles. The summed E-state index contributed by atoms with van der Waals surface area (Å²) in [7, 11) is 0. The van der Waals surface area contributed by atoms with Gasteiger partial charge in [0.2, 0.25) is 0 Å². The van der Waals surface area contributed by atoms with Crippen LogP contribution in [0.2, 0.25) is 0 Å². The van der Waals surface area contributed by atoms with E-state index in [0.29, 0.717) is 17.9 Å². The number of benzene rings is 1. The molecule has 0 bridgehead atoms. The fourth-order valence-corrected chi connectivity index (χ4v) is 1.85. The third-order valence-electron chi connectivity index (χ3n) is 2.64. The van der Waals surface area contributed by atoms with Gasteiger partial charge in [0.25, 0.3) is 0 Å². The minimum Gasteiger partial charge on any atom is -0.487 e. The standard InChI is InChI=1S/C14H14BrFN2O/c1-9(17)13-5-4-12(6-14(13)16)19-8-11-3-2-10(15)7-18-11/h2-7,9H,8,17H2,1H3/t9-/m1/s1. The maximum absolute atomic E-state index is 13.7. The highest BCUT2D eigenvalue weighted by atomic mass is 79.9. The first kappa shape index (κ1) is 14.0. The number of pyridine rings is 1. The van der Waals surface area contributed by atoms with Crippen LogP contribution >= 0.6 is 15.9 Å². The van der Waals surface area contributed by atoms with Crippen molar-refractivity contribution in [2.45, 2.75) is 19.6 Å². The van der Waals surface area contributed by atoms with Gasteiger partial charge in [0, 0.05) is 28.3 Å². The number of hydrogen-bond donors (Lipinski definition) is 1. The van der Waals surface area contributed by atoms with E-state index in [2.05, 4.69) is 20.9 Å². The lowest BCUT2D eigenvalue weighted by Crippen LogP contribution is -2.07. The minimum absolute atomic E-state index is 0.296. The second-order valence-corrected chi connectivity index (χ2v) is 5.14.